The average molecular weight is 251 g/mol. The third-order valence-corrected chi connectivity index (χ3v) is 3.92. The van der Waals surface area contributed by atoms with Gasteiger partial charge in [-0.1, -0.05) is 0 Å². The Balaban J connectivity index is 1.72. The first-order valence-corrected chi connectivity index (χ1v) is 6.40. The Kier molecular flexibility index (Phi) is 3.13. The van der Waals surface area contributed by atoms with Crippen LogP contribution in [0.2, 0.25) is 0 Å². The predicted molar refractivity (Wildman–Crippen MR) is 62.2 cm³/mol. The molecule has 0 bridgehead atoms. The van der Waals surface area contributed by atoms with E-state index < -0.39 is 0 Å². The summed E-state index contributed by atoms with van der Waals surface area (Å²) in [7, 11) is 0. The fourth-order valence-corrected chi connectivity index (χ4v) is 2.86. The van der Waals surface area contributed by atoms with Gasteiger partial charge in [-0.15, -0.1) is 0 Å². The van der Waals surface area contributed by atoms with E-state index in [0.29, 0.717) is 12.4 Å². The van der Waals surface area contributed by atoms with Crippen LogP contribution in [0, 0.1) is 5.92 Å². The summed E-state index contributed by atoms with van der Waals surface area (Å²) in [6, 6.07) is 0. The lowest BCUT2D eigenvalue weighted by Gasteiger charge is -2.42. The third-order valence-electron chi connectivity index (χ3n) is 3.92. The summed E-state index contributed by atoms with van der Waals surface area (Å²) in [5, 5.41) is 6.38. The molecule has 6 nitrogen and oxygen atoms in total. The van der Waals surface area contributed by atoms with Gasteiger partial charge in [0.25, 0.3) is 0 Å². The van der Waals surface area contributed by atoms with Gasteiger partial charge in [0, 0.05) is 25.7 Å². The highest BCUT2D eigenvalue weighted by Gasteiger charge is 2.41. The number of nitrogens with one attached hydrogen (secondary N) is 1. The molecule has 0 saturated carbocycles. The maximum atomic E-state index is 12.3. The van der Waals surface area contributed by atoms with Crippen molar-refractivity contribution >= 4 is 5.78 Å². The van der Waals surface area contributed by atoms with Crippen LogP contribution < -0.4 is 0 Å². The zero-order chi connectivity index (χ0) is 12.4. The number of hydrogen-bond acceptors (Lipinski definition) is 5. The summed E-state index contributed by atoms with van der Waals surface area (Å²) in [6.07, 6.45) is 4.68. The van der Waals surface area contributed by atoms with E-state index in [1.54, 1.807) is 0 Å². The largest absolute Gasteiger partial charge is 0.381 e. The molecular weight excluding hydrogens is 234 g/mol. The topological polar surface area (TPSA) is 77.1 Å². The van der Waals surface area contributed by atoms with E-state index >= 15 is 0 Å². The standard InChI is InChI=1S/C12H17N3O3/c16-10(11-13-8-14-15-11)9-1-4-18-12(7-9)2-5-17-6-3-12/h8-9H,1-7H2,(H,13,14,15). The number of Topliss-reactive ketones (excluding diaryl/α,β-unsaturated/α-hetero) is 1. The molecule has 98 valence electrons. The summed E-state index contributed by atoms with van der Waals surface area (Å²) in [6.45, 7) is 2.09. The number of aromatic nitrogens is 3. The molecule has 0 aliphatic carbocycles. The second-order valence-electron chi connectivity index (χ2n) is 5.03. The monoisotopic (exact) mass is 251 g/mol. The minimum atomic E-state index is -0.156. The maximum Gasteiger partial charge on any atom is 0.202 e. The maximum absolute atomic E-state index is 12.3. The second kappa shape index (κ2) is 4.78. The van der Waals surface area contributed by atoms with Crippen molar-refractivity contribution in [3.05, 3.63) is 12.2 Å². The zero-order valence-electron chi connectivity index (χ0n) is 10.2. The van der Waals surface area contributed by atoms with Crippen LogP contribution in [-0.4, -0.2) is 46.4 Å². The van der Waals surface area contributed by atoms with E-state index in [1.165, 1.54) is 6.33 Å². The summed E-state index contributed by atoms with van der Waals surface area (Å²) in [5.41, 5.74) is -0.156. The van der Waals surface area contributed by atoms with Crippen molar-refractivity contribution in [1.82, 2.24) is 15.2 Å². The van der Waals surface area contributed by atoms with Gasteiger partial charge in [0.15, 0.2) is 5.82 Å². The quantitative estimate of drug-likeness (QED) is 0.792. The van der Waals surface area contributed by atoms with Crippen LogP contribution in [0.1, 0.15) is 36.3 Å². The molecule has 3 rings (SSSR count). The molecule has 18 heavy (non-hydrogen) atoms. The molecule has 1 atom stereocenters. The number of rotatable bonds is 2. The van der Waals surface area contributed by atoms with Crippen LogP contribution in [0.5, 0.6) is 0 Å². The Labute approximate surface area is 105 Å². The van der Waals surface area contributed by atoms with Gasteiger partial charge in [-0.3, -0.25) is 9.89 Å². The van der Waals surface area contributed by atoms with Crippen LogP contribution >= 0.6 is 0 Å². The molecule has 2 aliphatic heterocycles. The normalized spacial score (nSPS) is 27.2. The number of ketones is 1. The van der Waals surface area contributed by atoms with Gasteiger partial charge in [-0.05, 0) is 25.7 Å². The first kappa shape index (κ1) is 11.8. The molecular formula is C12H17N3O3. The molecule has 2 fully saturated rings. The first-order valence-electron chi connectivity index (χ1n) is 6.40. The van der Waals surface area contributed by atoms with E-state index in [2.05, 4.69) is 15.2 Å². The summed E-state index contributed by atoms with van der Waals surface area (Å²) in [5.74, 6) is 0.413. The lowest BCUT2D eigenvalue weighted by molar-refractivity contribution is -0.142. The smallest absolute Gasteiger partial charge is 0.202 e. The predicted octanol–water partition coefficient (Wildman–Crippen LogP) is 0.963. The summed E-state index contributed by atoms with van der Waals surface area (Å²) >= 11 is 0. The minimum Gasteiger partial charge on any atom is -0.381 e. The molecule has 3 heterocycles. The lowest BCUT2D eigenvalue weighted by atomic mass is 9.79. The lowest BCUT2D eigenvalue weighted by Crippen LogP contribution is -2.46. The number of nitrogens with zero attached hydrogens (tertiary/aromatic N) is 2. The molecule has 1 spiro atoms. The number of H-pyrrole nitrogens is 1. The number of aromatic amines is 1. The van der Waals surface area contributed by atoms with Gasteiger partial charge >= 0.3 is 0 Å². The summed E-state index contributed by atoms with van der Waals surface area (Å²) < 4.78 is 11.3. The van der Waals surface area contributed by atoms with Gasteiger partial charge in [0.2, 0.25) is 5.78 Å². The second-order valence-corrected chi connectivity index (χ2v) is 5.03. The molecule has 6 heteroatoms. The van der Waals surface area contributed by atoms with Crippen molar-refractivity contribution in [2.24, 2.45) is 5.92 Å². The van der Waals surface area contributed by atoms with Crippen molar-refractivity contribution in [3.8, 4) is 0 Å². The molecule has 1 N–H and O–H groups in total. The van der Waals surface area contributed by atoms with Crippen molar-refractivity contribution in [2.45, 2.75) is 31.3 Å². The fraction of sp³-hybridized carbons (Fsp3) is 0.750. The highest BCUT2D eigenvalue weighted by Crippen LogP contribution is 2.37. The molecule has 2 aliphatic rings. The number of carbonyl (C=O) groups is 1. The van der Waals surface area contributed by atoms with Gasteiger partial charge < -0.3 is 9.47 Å². The van der Waals surface area contributed by atoms with Gasteiger partial charge in [0.1, 0.15) is 6.33 Å². The highest BCUT2D eigenvalue weighted by atomic mass is 16.5. The van der Waals surface area contributed by atoms with Crippen molar-refractivity contribution < 1.29 is 14.3 Å². The summed E-state index contributed by atoms with van der Waals surface area (Å²) in [4.78, 5) is 16.2. The Bertz CT molecular complexity index is 407. The Hall–Kier alpha value is -1.27. The van der Waals surface area contributed by atoms with Crippen LogP contribution in [-0.2, 0) is 9.47 Å². The SMILES string of the molecule is O=C(c1ncn[nH]1)C1CCOC2(CCOCC2)C1. The average Bonchev–Trinajstić information content (AvgIpc) is 2.93. The molecule has 1 aromatic rings. The molecule has 0 radical (unpaired) electrons. The molecule has 1 aromatic heterocycles. The van der Waals surface area contributed by atoms with Gasteiger partial charge in [-0.2, -0.15) is 5.10 Å². The molecule has 0 amide bonds. The fourth-order valence-electron chi connectivity index (χ4n) is 2.86. The first-order chi connectivity index (χ1) is 8.79. The third kappa shape index (κ3) is 2.18. The van der Waals surface area contributed by atoms with E-state index in [4.69, 9.17) is 9.47 Å². The molecule has 0 aromatic carbocycles. The van der Waals surface area contributed by atoms with Gasteiger partial charge in [0.05, 0.1) is 5.60 Å². The van der Waals surface area contributed by atoms with Crippen LogP contribution in [0.3, 0.4) is 0 Å². The Morgan fingerprint density at radius 3 is 2.94 bits per heavy atom. The Morgan fingerprint density at radius 1 is 1.39 bits per heavy atom. The zero-order valence-corrected chi connectivity index (χ0v) is 10.2. The minimum absolute atomic E-state index is 0.00944. The number of hydrogen-bond donors (Lipinski definition) is 1. The highest BCUT2D eigenvalue weighted by molar-refractivity contribution is 5.94. The van der Waals surface area contributed by atoms with E-state index in [0.717, 1.165) is 38.9 Å². The van der Waals surface area contributed by atoms with Crippen LogP contribution in [0.4, 0.5) is 0 Å². The number of carbonyl (C=O) groups excluding carboxylic acids is 1. The van der Waals surface area contributed by atoms with Crippen molar-refractivity contribution in [3.63, 3.8) is 0 Å². The molecule has 2 saturated heterocycles. The number of ether oxygens (including phenoxy) is 2. The Morgan fingerprint density at radius 2 is 2.22 bits per heavy atom. The van der Waals surface area contributed by atoms with E-state index in [-0.39, 0.29) is 17.3 Å². The van der Waals surface area contributed by atoms with Gasteiger partial charge in [-0.25, -0.2) is 4.98 Å². The van der Waals surface area contributed by atoms with Crippen LogP contribution in [0.25, 0.3) is 0 Å². The molecule has 1 unspecified atom stereocenters. The van der Waals surface area contributed by atoms with Crippen molar-refractivity contribution in [1.29, 1.82) is 0 Å². The van der Waals surface area contributed by atoms with Crippen molar-refractivity contribution in [2.75, 3.05) is 19.8 Å². The van der Waals surface area contributed by atoms with E-state index in [9.17, 15) is 4.79 Å². The van der Waals surface area contributed by atoms with Crippen LogP contribution in [0.15, 0.2) is 6.33 Å². The van der Waals surface area contributed by atoms with E-state index in [1.807, 2.05) is 0 Å².